The minimum atomic E-state index is -2.85. The number of ether oxygens (including phenoxy) is 1. The molecule has 0 unspecified atom stereocenters. The van der Waals surface area contributed by atoms with E-state index < -0.39 is 6.61 Å². The Bertz CT molecular complexity index is 420. The van der Waals surface area contributed by atoms with E-state index in [1.807, 2.05) is 0 Å². The van der Waals surface area contributed by atoms with Crippen LogP contribution in [-0.4, -0.2) is 13.2 Å². The second kappa shape index (κ2) is 7.67. The van der Waals surface area contributed by atoms with Crippen LogP contribution in [0.1, 0.15) is 38.5 Å². The molecule has 0 spiro atoms. The molecule has 0 heterocycles. The molecule has 1 aromatic carbocycles. The molecule has 0 amide bonds. The van der Waals surface area contributed by atoms with Crippen molar-refractivity contribution in [3.05, 3.63) is 23.2 Å². The minimum absolute atomic E-state index is 0.0154. The monoisotopic (exact) mass is 303 g/mol. The molecule has 2 nitrogen and oxygen atoms in total. The van der Waals surface area contributed by atoms with Crippen molar-refractivity contribution in [2.75, 3.05) is 11.9 Å². The Kier molecular flexibility index (Phi) is 5.89. The van der Waals surface area contributed by atoms with Crippen molar-refractivity contribution >= 4 is 17.3 Å². The third-order valence-electron chi connectivity index (χ3n) is 3.72. The predicted molar refractivity (Wildman–Crippen MR) is 77.8 cm³/mol. The number of alkyl halides is 2. The van der Waals surface area contributed by atoms with Crippen LogP contribution in [0.3, 0.4) is 0 Å². The topological polar surface area (TPSA) is 21.3 Å². The van der Waals surface area contributed by atoms with Crippen LogP contribution in [0.4, 0.5) is 14.5 Å². The number of hydrogen-bond acceptors (Lipinski definition) is 2. The fourth-order valence-electron chi connectivity index (χ4n) is 2.63. The van der Waals surface area contributed by atoms with E-state index in [0.717, 1.165) is 12.2 Å². The maximum Gasteiger partial charge on any atom is 0.387 e. The number of nitrogens with one attached hydrogen (secondary N) is 1. The highest BCUT2D eigenvalue weighted by Crippen LogP contribution is 2.29. The summed E-state index contributed by atoms with van der Waals surface area (Å²) in [6.45, 7) is -1.94. The number of rotatable bonds is 5. The molecule has 0 aliphatic heterocycles. The Hall–Kier alpha value is -1.03. The highest BCUT2D eigenvalue weighted by atomic mass is 35.5. The van der Waals surface area contributed by atoms with E-state index in [9.17, 15) is 8.78 Å². The first-order valence-corrected chi connectivity index (χ1v) is 7.51. The van der Waals surface area contributed by atoms with Gasteiger partial charge in [-0.25, -0.2) is 0 Å². The largest absolute Gasteiger partial charge is 0.433 e. The molecule has 1 fully saturated rings. The Balaban J connectivity index is 1.87. The van der Waals surface area contributed by atoms with Crippen molar-refractivity contribution in [2.45, 2.75) is 45.1 Å². The van der Waals surface area contributed by atoms with Gasteiger partial charge in [-0.2, -0.15) is 8.78 Å². The van der Waals surface area contributed by atoms with E-state index in [-0.39, 0.29) is 10.8 Å². The summed E-state index contributed by atoms with van der Waals surface area (Å²) >= 11 is 5.92. The maximum absolute atomic E-state index is 12.1. The summed E-state index contributed by atoms with van der Waals surface area (Å²) in [7, 11) is 0. The molecule has 112 valence electrons. The fourth-order valence-corrected chi connectivity index (χ4v) is 2.86. The van der Waals surface area contributed by atoms with Gasteiger partial charge in [-0.05, 0) is 37.0 Å². The van der Waals surface area contributed by atoms with Gasteiger partial charge in [0.25, 0.3) is 0 Å². The van der Waals surface area contributed by atoms with E-state index in [0.29, 0.717) is 5.92 Å². The third kappa shape index (κ3) is 4.82. The second-order valence-electron chi connectivity index (χ2n) is 5.26. The minimum Gasteiger partial charge on any atom is -0.433 e. The highest BCUT2D eigenvalue weighted by molar-refractivity contribution is 6.32. The fraction of sp³-hybridized carbons (Fsp3) is 0.600. The molecule has 0 bridgehead atoms. The van der Waals surface area contributed by atoms with Gasteiger partial charge < -0.3 is 10.1 Å². The first kappa shape index (κ1) is 15.4. The van der Waals surface area contributed by atoms with Crippen LogP contribution in [-0.2, 0) is 0 Å². The van der Waals surface area contributed by atoms with Gasteiger partial charge >= 0.3 is 6.61 Å². The van der Waals surface area contributed by atoms with Gasteiger partial charge in [0.2, 0.25) is 0 Å². The lowest BCUT2D eigenvalue weighted by Crippen LogP contribution is -2.13. The standard InChI is InChI=1S/C15H20ClF2NO/c16-13-9-12(7-8-14(13)20-15(17)18)19-10-11-5-3-1-2-4-6-11/h7-9,11,15,19H,1-6,10H2. The van der Waals surface area contributed by atoms with Crippen LogP contribution in [0, 0.1) is 5.92 Å². The molecule has 1 aromatic rings. The molecular weight excluding hydrogens is 284 g/mol. The van der Waals surface area contributed by atoms with Crippen LogP contribution in [0.2, 0.25) is 5.02 Å². The van der Waals surface area contributed by atoms with Crippen molar-refractivity contribution in [1.29, 1.82) is 0 Å². The van der Waals surface area contributed by atoms with Crippen molar-refractivity contribution in [1.82, 2.24) is 0 Å². The van der Waals surface area contributed by atoms with E-state index in [1.54, 1.807) is 12.1 Å². The first-order chi connectivity index (χ1) is 9.65. The lowest BCUT2D eigenvalue weighted by atomic mass is 10.0. The predicted octanol–water partition coefficient (Wildman–Crippen LogP) is 5.32. The van der Waals surface area contributed by atoms with Crippen LogP contribution in [0.5, 0.6) is 5.75 Å². The Labute approximate surface area is 123 Å². The summed E-state index contributed by atoms with van der Waals surface area (Å²) < 4.78 is 28.6. The number of benzene rings is 1. The molecule has 1 aliphatic carbocycles. The van der Waals surface area contributed by atoms with Gasteiger partial charge in [-0.3, -0.25) is 0 Å². The summed E-state index contributed by atoms with van der Waals surface area (Å²) in [6.07, 6.45) is 7.78. The molecular formula is C15H20ClF2NO. The summed E-state index contributed by atoms with van der Waals surface area (Å²) in [6, 6.07) is 4.83. The van der Waals surface area contributed by atoms with Gasteiger partial charge in [0.05, 0.1) is 5.02 Å². The van der Waals surface area contributed by atoms with Gasteiger partial charge in [0, 0.05) is 12.2 Å². The molecule has 20 heavy (non-hydrogen) atoms. The van der Waals surface area contributed by atoms with E-state index in [1.165, 1.54) is 44.6 Å². The van der Waals surface area contributed by atoms with Crippen molar-refractivity contribution < 1.29 is 13.5 Å². The number of hydrogen-bond donors (Lipinski definition) is 1. The van der Waals surface area contributed by atoms with Crippen LogP contribution < -0.4 is 10.1 Å². The van der Waals surface area contributed by atoms with Crippen molar-refractivity contribution in [3.63, 3.8) is 0 Å². The molecule has 1 saturated carbocycles. The van der Waals surface area contributed by atoms with Crippen LogP contribution >= 0.6 is 11.6 Å². The zero-order valence-electron chi connectivity index (χ0n) is 11.4. The lowest BCUT2D eigenvalue weighted by Gasteiger charge is -2.16. The lowest BCUT2D eigenvalue weighted by molar-refractivity contribution is -0.0497. The normalized spacial score (nSPS) is 17.0. The van der Waals surface area contributed by atoms with Crippen LogP contribution in [0.15, 0.2) is 18.2 Å². The average molecular weight is 304 g/mol. The Morgan fingerprint density at radius 1 is 1.20 bits per heavy atom. The average Bonchev–Trinajstić information content (AvgIpc) is 2.67. The Morgan fingerprint density at radius 3 is 2.50 bits per heavy atom. The molecule has 0 aromatic heterocycles. The van der Waals surface area contributed by atoms with E-state index in [4.69, 9.17) is 11.6 Å². The highest BCUT2D eigenvalue weighted by Gasteiger charge is 2.13. The molecule has 1 aliphatic rings. The van der Waals surface area contributed by atoms with E-state index in [2.05, 4.69) is 10.1 Å². The number of anilines is 1. The molecule has 2 rings (SSSR count). The van der Waals surface area contributed by atoms with Crippen molar-refractivity contribution in [2.24, 2.45) is 5.92 Å². The Morgan fingerprint density at radius 2 is 1.90 bits per heavy atom. The van der Waals surface area contributed by atoms with Gasteiger partial charge in [0.15, 0.2) is 0 Å². The molecule has 0 saturated heterocycles. The number of halogens is 3. The summed E-state index contributed by atoms with van der Waals surface area (Å²) in [5.74, 6) is 0.704. The van der Waals surface area contributed by atoms with Gasteiger partial charge in [0.1, 0.15) is 5.75 Å². The quantitative estimate of drug-likeness (QED) is 0.743. The molecule has 0 atom stereocenters. The smallest absolute Gasteiger partial charge is 0.387 e. The zero-order chi connectivity index (χ0) is 14.4. The summed E-state index contributed by atoms with van der Waals surface area (Å²) in [4.78, 5) is 0. The van der Waals surface area contributed by atoms with Crippen molar-refractivity contribution in [3.8, 4) is 5.75 Å². The zero-order valence-corrected chi connectivity index (χ0v) is 12.1. The molecule has 0 radical (unpaired) electrons. The molecule has 1 N–H and O–H groups in total. The SMILES string of the molecule is FC(F)Oc1ccc(NCC2CCCCCC2)cc1Cl. The van der Waals surface area contributed by atoms with Gasteiger partial charge in [-0.15, -0.1) is 0 Å². The maximum atomic E-state index is 12.1. The van der Waals surface area contributed by atoms with Crippen LogP contribution in [0.25, 0.3) is 0 Å². The first-order valence-electron chi connectivity index (χ1n) is 7.13. The summed E-state index contributed by atoms with van der Waals surface area (Å²) in [5, 5.41) is 3.54. The van der Waals surface area contributed by atoms with Gasteiger partial charge in [-0.1, -0.05) is 37.3 Å². The molecule has 5 heteroatoms. The van der Waals surface area contributed by atoms with E-state index >= 15 is 0 Å². The second-order valence-corrected chi connectivity index (χ2v) is 5.67. The third-order valence-corrected chi connectivity index (χ3v) is 4.01. The summed E-state index contributed by atoms with van der Waals surface area (Å²) in [5.41, 5.74) is 0.848.